The summed E-state index contributed by atoms with van der Waals surface area (Å²) in [5.74, 6) is -2.19. The molecule has 0 aliphatic heterocycles. The first-order chi connectivity index (χ1) is 10.8. The van der Waals surface area contributed by atoms with Crippen LogP contribution < -0.4 is 4.74 Å². The number of hydrogen-bond acceptors (Lipinski definition) is 3. The Morgan fingerprint density at radius 2 is 1.74 bits per heavy atom. The zero-order valence-electron chi connectivity index (χ0n) is 12.5. The van der Waals surface area contributed by atoms with E-state index in [-0.39, 0.29) is 11.3 Å². The van der Waals surface area contributed by atoms with Crippen molar-refractivity contribution in [3.8, 4) is 5.75 Å². The maximum absolute atomic E-state index is 12.6. The Morgan fingerprint density at radius 1 is 1.17 bits per heavy atom. The maximum atomic E-state index is 12.6. The third-order valence-electron chi connectivity index (χ3n) is 3.55. The van der Waals surface area contributed by atoms with Gasteiger partial charge in [-0.05, 0) is 29.8 Å². The lowest BCUT2D eigenvalue weighted by atomic mass is 10.0. The van der Waals surface area contributed by atoms with Gasteiger partial charge in [-0.2, -0.15) is 8.78 Å². The Bertz CT molecular complexity index is 748. The summed E-state index contributed by atoms with van der Waals surface area (Å²) in [6.07, 6.45) is 0. The predicted octanol–water partition coefficient (Wildman–Crippen LogP) is 2.99. The van der Waals surface area contributed by atoms with Gasteiger partial charge in [-0.1, -0.05) is 24.3 Å². The normalized spacial score (nSPS) is 12.2. The van der Waals surface area contributed by atoms with Gasteiger partial charge in [-0.3, -0.25) is 4.79 Å². The van der Waals surface area contributed by atoms with Gasteiger partial charge in [-0.15, -0.1) is 0 Å². The van der Waals surface area contributed by atoms with Crippen LogP contribution in [0.25, 0.3) is 10.8 Å². The number of amides is 1. The molecule has 1 amide bonds. The third kappa shape index (κ3) is 3.56. The number of halogens is 2. The topological polar surface area (TPSA) is 66.8 Å². The van der Waals surface area contributed by atoms with E-state index in [0.29, 0.717) is 10.8 Å². The van der Waals surface area contributed by atoms with Crippen molar-refractivity contribution >= 4 is 22.6 Å². The number of carbonyl (C=O) groups is 2. The Kier molecular flexibility index (Phi) is 4.78. The minimum absolute atomic E-state index is 0.111. The Balaban J connectivity index is 2.52. The monoisotopic (exact) mass is 323 g/mol. The fourth-order valence-electron chi connectivity index (χ4n) is 2.11. The molecule has 23 heavy (non-hydrogen) atoms. The maximum Gasteiger partial charge on any atom is 0.387 e. The van der Waals surface area contributed by atoms with E-state index in [1.54, 1.807) is 24.3 Å². The highest BCUT2D eigenvalue weighted by Crippen LogP contribution is 2.28. The summed E-state index contributed by atoms with van der Waals surface area (Å²) in [6, 6.07) is 8.55. The lowest BCUT2D eigenvalue weighted by molar-refractivity contribution is -0.141. The molecule has 2 rings (SSSR count). The summed E-state index contributed by atoms with van der Waals surface area (Å²) in [5.41, 5.74) is -0.111. The third-order valence-corrected chi connectivity index (χ3v) is 3.55. The minimum Gasteiger partial charge on any atom is -0.480 e. The second-order valence-corrected chi connectivity index (χ2v) is 5.00. The fraction of sp³-hybridized carbons (Fsp3) is 0.250. The van der Waals surface area contributed by atoms with Crippen LogP contribution in [0.2, 0.25) is 0 Å². The molecule has 0 aliphatic carbocycles. The Morgan fingerprint density at radius 3 is 2.26 bits per heavy atom. The van der Waals surface area contributed by atoms with Crippen molar-refractivity contribution in [1.82, 2.24) is 4.90 Å². The lowest BCUT2D eigenvalue weighted by Gasteiger charge is -2.23. The lowest BCUT2D eigenvalue weighted by Crippen LogP contribution is -2.40. The molecule has 0 aromatic heterocycles. The molecule has 0 aliphatic rings. The van der Waals surface area contributed by atoms with E-state index < -0.39 is 24.5 Å². The number of ether oxygens (including phenoxy) is 1. The largest absolute Gasteiger partial charge is 0.480 e. The average Bonchev–Trinajstić information content (AvgIpc) is 2.51. The first-order valence-electron chi connectivity index (χ1n) is 6.79. The average molecular weight is 323 g/mol. The minimum atomic E-state index is -3.09. The van der Waals surface area contributed by atoms with Crippen molar-refractivity contribution in [3.05, 3.63) is 42.0 Å². The molecule has 0 fully saturated rings. The molecule has 5 nitrogen and oxygen atoms in total. The molecule has 1 unspecified atom stereocenters. The van der Waals surface area contributed by atoms with E-state index in [4.69, 9.17) is 5.11 Å². The molecule has 1 N–H and O–H groups in total. The number of aliphatic carboxylic acids is 1. The van der Waals surface area contributed by atoms with Crippen molar-refractivity contribution in [2.75, 3.05) is 7.05 Å². The van der Waals surface area contributed by atoms with Crippen LogP contribution in [0.3, 0.4) is 0 Å². The summed E-state index contributed by atoms with van der Waals surface area (Å²) in [4.78, 5) is 24.4. The van der Waals surface area contributed by atoms with Crippen LogP contribution in [0.4, 0.5) is 8.78 Å². The number of fused-ring (bicyclic) bond motifs is 1. The van der Waals surface area contributed by atoms with Crippen molar-refractivity contribution in [1.29, 1.82) is 0 Å². The number of rotatable bonds is 5. The molecule has 0 bridgehead atoms. The molecule has 2 aromatic rings. The van der Waals surface area contributed by atoms with Crippen LogP contribution in [0.1, 0.15) is 17.3 Å². The van der Waals surface area contributed by atoms with Crippen LogP contribution in [0.5, 0.6) is 5.75 Å². The number of carboxylic acids is 1. The van der Waals surface area contributed by atoms with Gasteiger partial charge in [0.05, 0.1) is 5.56 Å². The molecule has 0 saturated carbocycles. The van der Waals surface area contributed by atoms with Gasteiger partial charge in [0.15, 0.2) is 0 Å². The van der Waals surface area contributed by atoms with E-state index in [1.807, 2.05) is 0 Å². The number of likely N-dealkylation sites (N-methyl/N-ethyl adjacent to an activating group) is 1. The summed E-state index contributed by atoms with van der Waals surface area (Å²) >= 11 is 0. The predicted molar refractivity (Wildman–Crippen MR) is 79.8 cm³/mol. The van der Waals surface area contributed by atoms with Gasteiger partial charge >= 0.3 is 12.6 Å². The van der Waals surface area contributed by atoms with E-state index >= 15 is 0 Å². The summed E-state index contributed by atoms with van der Waals surface area (Å²) in [5, 5.41) is 10.3. The first kappa shape index (κ1) is 16.7. The van der Waals surface area contributed by atoms with Gasteiger partial charge in [-0.25, -0.2) is 4.79 Å². The zero-order chi connectivity index (χ0) is 17.1. The molecule has 0 spiro atoms. The SMILES string of the molecule is CC(C(=O)O)N(C)C(=O)c1cc2ccccc2cc1OC(F)F. The molecule has 0 radical (unpaired) electrons. The van der Waals surface area contributed by atoms with Gasteiger partial charge in [0, 0.05) is 7.05 Å². The summed E-state index contributed by atoms with van der Waals surface area (Å²) < 4.78 is 29.7. The van der Waals surface area contributed by atoms with Gasteiger partial charge in [0.25, 0.3) is 5.91 Å². The smallest absolute Gasteiger partial charge is 0.387 e. The number of carbonyl (C=O) groups excluding carboxylic acids is 1. The molecule has 122 valence electrons. The molecule has 0 heterocycles. The number of benzene rings is 2. The molecular weight excluding hydrogens is 308 g/mol. The van der Waals surface area contributed by atoms with E-state index in [2.05, 4.69) is 4.74 Å². The van der Waals surface area contributed by atoms with Gasteiger partial charge < -0.3 is 14.7 Å². The highest BCUT2D eigenvalue weighted by molar-refractivity contribution is 6.02. The van der Waals surface area contributed by atoms with Crippen LogP contribution in [0, 0.1) is 0 Å². The van der Waals surface area contributed by atoms with Crippen LogP contribution in [0.15, 0.2) is 36.4 Å². The van der Waals surface area contributed by atoms with Crippen molar-refractivity contribution in [2.24, 2.45) is 0 Å². The second-order valence-electron chi connectivity index (χ2n) is 5.00. The van der Waals surface area contributed by atoms with Crippen molar-refractivity contribution in [3.63, 3.8) is 0 Å². The highest BCUT2D eigenvalue weighted by Gasteiger charge is 2.26. The van der Waals surface area contributed by atoms with E-state index in [1.165, 1.54) is 26.1 Å². The first-order valence-corrected chi connectivity index (χ1v) is 6.79. The van der Waals surface area contributed by atoms with Crippen molar-refractivity contribution in [2.45, 2.75) is 19.6 Å². The van der Waals surface area contributed by atoms with Gasteiger partial charge in [0.2, 0.25) is 0 Å². The Labute approximate surface area is 131 Å². The van der Waals surface area contributed by atoms with Crippen LogP contribution in [-0.2, 0) is 4.79 Å². The summed E-state index contributed by atoms with van der Waals surface area (Å²) in [6.45, 7) is -1.76. The van der Waals surface area contributed by atoms with Gasteiger partial charge in [0.1, 0.15) is 11.8 Å². The number of alkyl halides is 2. The van der Waals surface area contributed by atoms with E-state index in [0.717, 1.165) is 4.90 Å². The molecule has 2 aromatic carbocycles. The number of hydrogen-bond donors (Lipinski definition) is 1. The molecule has 1 atom stereocenters. The molecular formula is C16H15F2NO4. The van der Waals surface area contributed by atoms with E-state index in [9.17, 15) is 18.4 Å². The standard InChI is InChI=1S/C16H15F2NO4/c1-9(15(21)22)19(2)14(20)12-7-10-5-3-4-6-11(10)8-13(12)23-16(17)18/h3-9,16H,1-2H3,(H,21,22). The number of nitrogens with zero attached hydrogens (tertiary/aromatic N) is 1. The molecule has 7 heteroatoms. The zero-order valence-corrected chi connectivity index (χ0v) is 12.5. The fourth-order valence-corrected chi connectivity index (χ4v) is 2.11. The summed E-state index contributed by atoms with van der Waals surface area (Å²) in [7, 11) is 1.29. The quantitative estimate of drug-likeness (QED) is 0.918. The highest BCUT2D eigenvalue weighted by atomic mass is 19.3. The molecule has 0 saturated heterocycles. The number of carboxylic acid groups (broad SMARTS) is 1. The van der Waals surface area contributed by atoms with Crippen LogP contribution in [-0.4, -0.2) is 41.6 Å². The Hall–Kier alpha value is -2.70. The second kappa shape index (κ2) is 6.60. The van der Waals surface area contributed by atoms with Crippen molar-refractivity contribution < 1.29 is 28.2 Å². The van der Waals surface area contributed by atoms with Crippen LogP contribution >= 0.6 is 0 Å².